The van der Waals surface area contributed by atoms with Gasteiger partial charge in [0.25, 0.3) is 0 Å². The average Bonchev–Trinajstić information content (AvgIpc) is 2.65. The molecule has 1 amide bonds. The molecule has 0 saturated heterocycles. The molecule has 1 unspecified atom stereocenters. The largest absolute Gasteiger partial charge is 0.591 e. The van der Waals surface area contributed by atoms with Gasteiger partial charge in [0.05, 0.1) is 11.8 Å². The van der Waals surface area contributed by atoms with Gasteiger partial charge < -0.3 is 14.6 Å². The van der Waals surface area contributed by atoms with Crippen molar-refractivity contribution in [1.29, 1.82) is 0 Å². The van der Waals surface area contributed by atoms with E-state index in [9.17, 15) is 9.35 Å². The fourth-order valence-corrected chi connectivity index (χ4v) is 3.93. The van der Waals surface area contributed by atoms with E-state index in [0.717, 1.165) is 37.0 Å². The van der Waals surface area contributed by atoms with Crippen molar-refractivity contribution >= 4 is 23.2 Å². The second kappa shape index (κ2) is 10.1. The van der Waals surface area contributed by atoms with Crippen molar-refractivity contribution in [3.63, 3.8) is 0 Å². The number of rotatable bonds is 6. The molecule has 1 saturated carbocycles. The van der Waals surface area contributed by atoms with Crippen molar-refractivity contribution in [3.05, 3.63) is 35.9 Å². The number of nitrogens with one attached hydrogen (secondary N) is 1. The van der Waals surface area contributed by atoms with Gasteiger partial charge in [0, 0.05) is 5.92 Å². The Balaban J connectivity index is 2.02. The van der Waals surface area contributed by atoms with Crippen LogP contribution in [0.3, 0.4) is 0 Å². The van der Waals surface area contributed by atoms with E-state index in [1.807, 2.05) is 58.0 Å². The minimum Gasteiger partial charge on any atom is -0.591 e. The molecule has 0 aromatic heterocycles. The van der Waals surface area contributed by atoms with Gasteiger partial charge in [-0.25, -0.2) is 4.79 Å². The first-order valence-electron chi connectivity index (χ1n) is 9.75. The number of nitrogens with zero attached hydrogens (tertiary/aromatic N) is 1. The lowest BCUT2D eigenvalue weighted by molar-refractivity contribution is 0.138. The molecular weight excluding hydrogens is 360 g/mol. The Morgan fingerprint density at radius 2 is 1.89 bits per heavy atom. The summed E-state index contributed by atoms with van der Waals surface area (Å²) in [6.45, 7) is 7.87. The molecule has 5 nitrogen and oxygen atoms in total. The third kappa shape index (κ3) is 7.18. The summed E-state index contributed by atoms with van der Waals surface area (Å²) < 4.78 is 22.1. The Hall–Kier alpha value is -1.53. The molecule has 0 spiro atoms. The van der Waals surface area contributed by atoms with Gasteiger partial charge in [-0.2, -0.15) is 0 Å². The first kappa shape index (κ1) is 21.8. The molecule has 1 aliphatic rings. The highest BCUT2D eigenvalue weighted by molar-refractivity contribution is 7.91. The van der Waals surface area contributed by atoms with Crippen molar-refractivity contribution in [2.75, 3.05) is 0 Å². The van der Waals surface area contributed by atoms with Gasteiger partial charge in [-0.3, -0.25) is 0 Å². The monoisotopic (exact) mass is 392 g/mol. The Morgan fingerprint density at radius 3 is 2.48 bits per heavy atom. The van der Waals surface area contributed by atoms with Gasteiger partial charge in [0.15, 0.2) is 0 Å². The van der Waals surface area contributed by atoms with Gasteiger partial charge >= 0.3 is 6.09 Å². The lowest BCUT2D eigenvalue weighted by Crippen LogP contribution is -2.43. The smallest absolute Gasteiger partial charge is 0.407 e. The van der Waals surface area contributed by atoms with Crippen molar-refractivity contribution in [1.82, 2.24) is 5.32 Å². The van der Waals surface area contributed by atoms with E-state index in [-0.39, 0.29) is 18.6 Å². The van der Waals surface area contributed by atoms with E-state index in [1.54, 1.807) is 0 Å². The van der Waals surface area contributed by atoms with Gasteiger partial charge in [-0.05, 0) is 46.1 Å². The Morgan fingerprint density at radius 1 is 1.26 bits per heavy atom. The highest BCUT2D eigenvalue weighted by atomic mass is 32.2. The number of ether oxygens (including phenoxy) is 1. The van der Waals surface area contributed by atoms with Crippen LogP contribution in [0.4, 0.5) is 4.79 Å². The predicted molar refractivity (Wildman–Crippen MR) is 111 cm³/mol. The Labute approximate surface area is 166 Å². The van der Waals surface area contributed by atoms with Crippen LogP contribution in [-0.2, 0) is 22.7 Å². The zero-order chi connectivity index (χ0) is 19.9. The van der Waals surface area contributed by atoms with E-state index in [1.165, 1.54) is 6.42 Å². The molecule has 2 rings (SSSR count). The van der Waals surface area contributed by atoms with Crippen LogP contribution in [0.1, 0.15) is 65.4 Å². The molecule has 0 radical (unpaired) electrons. The number of hydrogen-bond acceptors (Lipinski definition) is 4. The molecule has 1 N–H and O–H groups in total. The van der Waals surface area contributed by atoms with E-state index in [2.05, 4.69) is 9.71 Å². The van der Waals surface area contributed by atoms with Crippen LogP contribution in [0.5, 0.6) is 0 Å². The molecule has 6 heteroatoms. The van der Waals surface area contributed by atoms with Crippen LogP contribution < -0.4 is 5.32 Å². The summed E-state index contributed by atoms with van der Waals surface area (Å²) in [5, 5.41) is 2.88. The molecule has 27 heavy (non-hydrogen) atoms. The van der Waals surface area contributed by atoms with Gasteiger partial charge in [-0.15, -0.1) is 0 Å². The molecule has 0 aliphatic heterocycles. The van der Waals surface area contributed by atoms with Gasteiger partial charge in [0.1, 0.15) is 22.7 Å². The fraction of sp³-hybridized carbons (Fsp3) is 0.619. The zero-order valence-corrected chi connectivity index (χ0v) is 17.7. The minimum absolute atomic E-state index is 0.225. The van der Waals surface area contributed by atoms with E-state index in [0.29, 0.717) is 0 Å². The molecule has 1 fully saturated rings. The van der Waals surface area contributed by atoms with Crippen LogP contribution in [0, 0.1) is 5.92 Å². The molecule has 1 aliphatic carbocycles. The van der Waals surface area contributed by atoms with E-state index >= 15 is 0 Å². The predicted octanol–water partition coefficient (Wildman–Crippen LogP) is 4.78. The van der Waals surface area contributed by atoms with Crippen molar-refractivity contribution in [2.45, 2.75) is 77.2 Å². The maximum absolute atomic E-state index is 12.6. The SMILES string of the molecule is C[C@H](NC(=O)OCc1ccccc1)/C(=N/[S+]([O-])C(C)(C)C)C1CCCCC1. The number of alkyl carbamates (subject to hydrolysis) is 1. The van der Waals surface area contributed by atoms with Crippen LogP contribution in [0.25, 0.3) is 0 Å². The number of hydrogen-bond donors (Lipinski definition) is 1. The summed E-state index contributed by atoms with van der Waals surface area (Å²) in [6, 6.07) is 9.27. The summed E-state index contributed by atoms with van der Waals surface area (Å²) in [5.41, 5.74) is 1.77. The molecule has 2 atom stereocenters. The average molecular weight is 393 g/mol. The normalized spacial score (nSPS) is 18.6. The standard InChI is InChI=1S/C21H32N2O3S/c1-16(22-20(24)26-15-17-11-7-5-8-12-17)19(18-13-9-6-10-14-18)23-27(25)21(2,3)4/h5,7-8,11-12,16,18H,6,9-10,13-15H2,1-4H3,(H,22,24)/b23-19-/t16-,27?/m0/s1. The molecule has 1 aromatic carbocycles. The van der Waals surface area contributed by atoms with Crippen LogP contribution in [-0.4, -0.2) is 27.1 Å². The summed E-state index contributed by atoms with van der Waals surface area (Å²) in [6.07, 6.45) is 5.12. The second-order valence-electron chi connectivity index (χ2n) is 8.14. The Kier molecular flexibility index (Phi) is 8.17. The van der Waals surface area contributed by atoms with Crippen molar-refractivity contribution in [3.8, 4) is 0 Å². The van der Waals surface area contributed by atoms with E-state index in [4.69, 9.17) is 4.74 Å². The summed E-state index contributed by atoms with van der Waals surface area (Å²) in [4.78, 5) is 12.2. The maximum Gasteiger partial charge on any atom is 0.407 e. The topological polar surface area (TPSA) is 73.8 Å². The van der Waals surface area contributed by atoms with Gasteiger partial charge in [0.2, 0.25) is 0 Å². The van der Waals surface area contributed by atoms with Crippen molar-refractivity contribution in [2.24, 2.45) is 10.3 Å². The summed E-state index contributed by atoms with van der Waals surface area (Å²) >= 11 is -1.34. The maximum atomic E-state index is 12.6. The van der Waals surface area contributed by atoms with Crippen molar-refractivity contribution < 1.29 is 14.1 Å². The first-order valence-corrected chi connectivity index (χ1v) is 10.9. The van der Waals surface area contributed by atoms with Gasteiger partial charge in [-0.1, -0.05) is 54.0 Å². The molecule has 0 heterocycles. The highest BCUT2D eigenvalue weighted by Crippen LogP contribution is 2.28. The lowest BCUT2D eigenvalue weighted by atomic mass is 9.83. The summed E-state index contributed by atoms with van der Waals surface area (Å²) in [7, 11) is 0. The molecular formula is C21H32N2O3S. The second-order valence-corrected chi connectivity index (χ2v) is 10.0. The minimum atomic E-state index is -1.34. The van der Waals surface area contributed by atoms with E-state index < -0.39 is 22.2 Å². The number of carbonyl (C=O) groups is 1. The van der Waals surface area contributed by atoms with Crippen LogP contribution in [0.2, 0.25) is 0 Å². The molecule has 0 bridgehead atoms. The first-order chi connectivity index (χ1) is 12.8. The highest BCUT2D eigenvalue weighted by Gasteiger charge is 2.32. The third-order valence-corrected chi connectivity index (χ3v) is 6.15. The Bertz CT molecular complexity index is 622. The van der Waals surface area contributed by atoms with Crippen LogP contribution in [0.15, 0.2) is 34.7 Å². The fourth-order valence-electron chi connectivity index (χ4n) is 3.15. The molecule has 1 aromatic rings. The number of carbonyl (C=O) groups excluding carboxylic acids is 1. The van der Waals surface area contributed by atoms with Crippen LogP contribution >= 0.6 is 0 Å². The summed E-state index contributed by atoms with van der Waals surface area (Å²) in [5.74, 6) is 0.273. The third-order valence-electron chi connectivity index (χ3n) is 4.73. The zero-order valence-electron chi connectivity index (χ0n) is 16.9. The number of benzene rings is 1. The number of amides is 1. The quantitative estimate of drug-likeness (QED) is 0.559. The molecule has 150 valence electrons. The lowest BCUT2D eigenvalue weighted by Gasteiger charge is -2.28.